The summed E-state index contributed by atoms with van der Waals surface area (Å²) in [7, 11) is 1.70. The quantitative estimate of drug-likeness (QED) is 0.406. The summed E-state index contributed by atoms with van der Waals surface area (Å²) < 4.78 is 0. The zero-order valence-corrected chi connectivity index (χ0v) is 6.45. The summed E-state index contributed by atoms with van der Waals surface area (Å²) in [6.45, 7) is 0.289. The average Bonchev–Trinajstić information content (AvgIpc) is 2.16. The predicted molar refractivity (Wildman–Crippen MR) is 40.1 cm³/mol. The Morgan fingerprint density at radius 2 is 2.45 bits per heavy atom. The van der Waals surface area contributed by atoms with Gasteiger partial charge in [-0.2, -0.15) is 0 Å². The van der Waals surface area contributed by atoms with Gasteiger partial charge in [0, 0.05) is 0 Å². The molecule has 1 aliphatic rings. The molecule has 1 amide bonds. The lowest BCUT2D eigenvalue weighted by Gasteiger charge is -2.16. The van der Waals surface area contributed by atoms with E-state index in [1.54, 1.807) is 13.1 Å². The molecule has 0 spiro atoms. The molecule has 1 heterocycles. The molecule has 2 N–H and O–H groups in total. The van der Waals surface area contributed by atoms with Gasteiger partial charge in [-0.3, -0.25) is 10.0 Å². The molecule has 1 aliphatic heterocycles. The molecule has 0 radical (unpaired) electrons. The lowest BCUT2D eigenvalue weighted by Crippen LogP contribution is -2.42. The predicted octanol–water partition coefficient (Wildman–Crippen LogP) is -0.248. The van der Waals surface area contributed by atoms with Crippen molar-refractivity contribution in [2.24, 2.45) is 0 Å². The number of carbonyl (C=O) groups excluding carboxylic acids is 1. The van der Waals surface area contributed by atoms with Crippen LogP contribution in [-0.2, 0) is 4.79 Å². The molecule has 0 aromatic heterocycles. The van der Waals surface area contributed by atoms with Gasteiger partial charge in [0.1, 0.15) is 0 Å². The molecule has 1 unspecified atom stereocenters. The van der Waals surface area contributed by atoms with Gasteiger partial charge < -0.3 is 5.32 Å². The van der Waals surface area contributed by atoms with Crippen LogP contribution in [0.1, 0.15) is 6.42 Å². The van der Waals surface area contributed by atoms with Crippen molar-refractivity contribution in [3.8, 4) is 0 Å². The van der Waals surface area contributed by atoms with E-state index < -0.39 is 0 Å². The maximum atomic E-state index is 11.1. The molecule has 0 aliphatic carbocycles. The molecule has 0 aromatic carbocycles. The Labute approximate surface area is 65.5 Å². The van der Waals surface area contributed by atoms with Gasteiger partial charge in [-0.1, -0.05) is 12.2 Å². The maximum absolute atomic E-state index is 11.1. The topological polar surface area (TPSA) is 52.6 Å². The second-order valence-corrected chi connectivity index (χ2v) is 2.47. The van der Waals surface area contributed by atoms with Crippen LogP contribution in [0.4, 0.5) is 0 Å². The molecule has 1 atom stereocenters. The van der Waals surface area contributed by atoms with E-state index in [0.717, 1.165) is 5.06 Å². The number of carbonyl (C=O) groups is 1. The SMILES string of the molecule is CNC1CC=CCN(O)C1=O. The van der Waals surface area contributed by atoms with Crippen LogP contribution in [0.2, 0.25) is 0 Å². The monoisotopic (exact) mass is 156 g/mol. The largest absolute Gasteiger partial charge is 0.309 e. The Kier molecular flexibility index (Phi) is 2.62. The standard InChI is InChI=1S/C7H12N2O2/c1-8-6-4-2-3-5-9(11)7(6)10/h2-3,6,8,11H,4-5H2,1H3. The van der Waals surface area contributed by atoms with Crippen LogP contribution in [0.15, 0.2) is 12.2 Å². The van der Waals surface area contributed by atoms with Crippen LogP contribution in [0.25, 0.3) is 0 Å². The molecule has 0 saturated heterocycles. The van der Waals surface area contributed by atoms with Crippen LogP contribution in [0.3, 0.4) is 0 Å². The van der Waals surface area contributed by atoms with Gasteiger partial charge in [0.2, 0.25) is 0 Å². The summed E-state index contributed by atoms with van der Waals surface area (Å²) in [5.74, 6) is -0.266. The van der Waals surface area contributed by atoms with Crippen molar-refractivity contribution in [3.05, 3.63) is 12.2 Å². The fourth-order valence-electron chi connectivity index (χ4n) is 1.02. The summed E-state index contributed by atoms with van der Waals surface area (Å²) >= 11 is 0. The summed E-state index contributed by atoms with van der Waals surface area (Å²) in [6.07, 6.45) is 4.30. The van der Waals surface area contributed by atoms with E-state index in [2.05, 4.69) is 5.32 Å². The summed E-state index contributed by atoms with van der Waals surface area (Å²) in [6, 6.07) is -0.279. The molecular weight excluding hydrogens is 144 g/mol. The number of nitrogens with one attached hydrogen (secondary N) is 1. The highest BCUT2D eigenvalue weighted by atomic mass is 16.5. The lowest BCUT2D eigenvalue weighted by molar-refractivity contribution is -0.164. The molecule has 4 heteroatoms. The van der Waals surface area contributed by atoms with Gasteiger partial charge >= 0.3 is 0 Å². The van der Waals surface area contributed by atoms with Crippen molar-refractivity contribution in [2.75, 3.05) is 13.6 Å². The molecule has 0 fully saturated rings. The molecule has 62 valence electrons. The number of likely N-dealkylation sites (N-methyl/N-ethyl adjacent to an activating group) is 1. The van der Waals surface area contributed by atoms with Crippen LogP contribution in [0, 0.1) is 0 Å². The van der Waals surface area contributed by atoms with E-state index in [1.165, 1.54) is 0 Å². The first kappa shape index (κ1) is 8.23. The maximum Gasteiger partial charge on any atom is 0.263 e. The Bertz CT molecular complexity index is 179. The van der Waals surface area contributed by atoms with Crippen molar-refractivity contribution in [2.45, 2.75) is 12.5 Å². The van der Waals surface area contributed by atoms with Crippen LogP contribution >= 0.6 is 0 Å². The van der Waals surface area contributed by atoms with Gasteiger partial charge in [-0.25, -0.2) is 5.06 Å². The highest BCUT2D eigenvalue weighted by Gasteiger charge is 2.21. The Morgan fingerprint density at radius 3 is 3.09 bits per heavy atom. The Hall–Kier alpha value is -0.870. The van der Waals surface area contributed by atoms with Crippen molar-refractivity contribution in [3.63, 3.8) is 0 Å². The van der Waals surface area contributed by atoms with Crippen LogP contribution in [0.5, 0.6) is 0 Å². The molecule has 0 bridgehead atoms. The number of amides is 1. The van der Waals surface area contributed by atoms with Crippen molar-refractivity contribution in [1.29, 1.82) is 0 Å². The van der Waals surface area contributed by atoms with Gasteiger partial charge in [-0.15, -0.1) is 0 Å². The number of rotatable bonds is 1. The van der Waals surface area contributed by atoms with E-state index in [0.29, 0.717) is 6.42 Å². The second-order valence-electron chi connectivity index (χ2n) is 2.47. The lowest BCUT2D eigenvalue weighted by atomic mass is 10.2. The van der Waals surface area contributed by atoms with Gasteiger partial charge in [0.15, 0.2) is 0 Å². The number of nitrogens with zero attached hydrogens (tertiary/aromatic N) is 1. The first-order valence-corrected chi connectivity index (χ1v) is 3.58. The molecular formula is C7H12N2O2. The smallest absolute Gasteiger partial charge is 0.263 e. The minimum atomic E-state index is -0.279. The molecule has 0 saturated carbocycles. The van der Waals surface area contributed by atoms with E-state index in [9.17, 15) is 4.79 Å². The summed E-state index contributed by atoms with van der Waals surface area (Å²) in [5.41, 5.74) is 0. The number of hydrogen-bond donors (Lipinski definition) is 2. The van der Waals surface area contributed by atoms with Gasteiger partial charge in [-0.05, 0) is 13.5 Å². The fraction of sp³-hybridized carbons (Fsp3) is 0.571. The number of hydroxylamine groups is 2. The third kappa shape index (κ3) is 1.78. The third-order valence-corrected chi connectivity index (χ3v) is 1.72. The summed E-state index contributed by atoms with van der Waals surface area (Å²) in [4.78, 5) is 11.1. The first-order chi connectivity index (χ1) is 5.25. The van der Waals surface area contributed by atoms with Crippen LogP contribution in [-0.4, -0.2) is 35.8 Å². The fourth-order valence-corrected chi connectivity index (χ4v) is 1.02. The van der Waals surface area contributed by atoms with E-state index in [4.69, 9.17) is 5.21 Å². The molecule has 4 nitrogen and oxygen atoms in total. The van der Waals surface area contributed by atoms with Gasteiger partial charge in [0.05, 0.1) is 12.6 Å². The summed E-state index contributed by atoms with van der Waals surface area (Å²) in [5, 5.41) is 12.6. The average molecular weight is 156 g/mol. The van der Waals surface area contributed by atoms with Crippen molar-refractivity contribution >= 4 is 5.91 Å². The first-order valence-electron chi connectivity index (χ1n) is 3.58. The molecule has 1 rings (SSSR count). The normalized spacial score (nSPS) is 25.5. The van der Waals surface area contributed by atoms with Crippen molar-refractivity contribution < 1.29 is 10.0 Å². The second kappa shape index (κ2) is 3.50. The Morgan fingerprint density at radius 1 is 1.73 bits per heavy atom. The van der Waals surface area contributed by atoms with E-state index >= 15 is 0 Å². The van der Waals surface area contributed by atoms with E-state index in [1.807, 2.05) is 6.08 Å². The minimum absolute atomic E-state index is 0.266. The third-order valence-electron chi connectivity index (χ3n) is 1.72. The van der Waals surface area contributed by atoms with Crippen LogP contribution < -0.4 is 5.32 Å². The van der Waals surface area contributed by atoms with Gasteiger partial charge in [0.25, 0.3) is 5.91 Å². The highest BCUT2D eigenvalue weighted by Crippen LogP contribution is 2.02. The Balaban J connectivity index is 2.65. The zero-order chi connectivity index (χ0) is 8.27. The van der Waals surface area contributed by atoms with Crippen molar-refractivity contribution in [1.82, 2.24) is 10.4 Å². The van der Waals surface area contributed by atoms with E-state index in [-0.39, 0.29) is 18.5 Å². The highest BCUT2D eigenvalue weighted by molar-refractivity contribution is 5.81. The zero-order valence-electron chi connectivity index (χ0n) is 6.45. The number of hydrogen-bond acceptors (Lipinski definition) is 3. The minimum Gasteiger partial charge on any atom is -0.309 e. The molecule has 0 aromatic rings. The molecule has 11 heavy (non-hydrogen) atoms.